The van der Waals surface area contributed by atoms with Crippen LogP contribution in [0.2, 0.25) is 0 Å². The molecule has 0 atom stereocenters. The lowest BCUT2D eigenvalue weighted by molar-refractivity contribution is 0.483. The first-order valence-electron chi connectivity index (χ1n) is 4.65. The lowest BCUT2D eigenvalue weighted by Gasteiger charge is -2.21. The molecule has 0 aromatic rings. The third-order valence-electron chi connectivity index (χ3n) is 2.58. The normalized spacial score (nSPS) is 18.8. The first-order valence-corrected chi connectivity index (χ1v) is 6.26. The van der Waals surface area contributed by atoms with E-state index in [4.69, 9.17) is 10.5 Å². The summed E-state index contributed by atoms with van der Waals surface area (Å²) in [4.78, 5) is 0. The number of nitriles is 2. The van der Waals surface area contributed by atoms with Crippen molar-refractivity contribution in [2.24, 2.45) is 0 Å². The molecule has 0 aromatic carbocycles. The van der Waals surface area contributed by atoms with E-state index in [2.05, 4.69) is 0 Å². The molecule has 0 aromatic heterocycles. The number of nitrogens with zero attached hydrogens (tertiary/aromatic N) is 2. The molecule has 0 amide bonds. The summed E-state index contributed by atoms with van der Waals surface area (Å²) in [6.07, 6.45) is 4.02. The van der Waals surface area contributed by atoms with Crippen molar-refractivity contribution in [3.05, 3.63) is 0 Å². The SMILES string of the molecule is N#CC(C#N)S(=O)(=O)C1CCCCC1. The molecule has 1 aliphatic carbocycles. The van der Waals surface area contributed by atoms with Crippen molar-refractivity contribution >= 4 is 9.84 Å². The summed E-state index contributed by atoms with van der Waals surface area (Å²) < 4.78 is 23.4. The van der Waals surface area contributed by atoms with Crippen LogP contribution in [0.5, 0.6) is 0 Å². The second-order valence-corrected chi connectivity index (χ2v) is 5.80. The van der Waals surface area contributed by atoms with Gasteiger partial charge in [0.25, 0.3) is 0 Å². The van der Waals surface area contributed by atoms with Gasteiger partial charge >= 0.3 is 0 Å². The summed E-state index contributed by atoms with van der Waals surface area (Å²) in [7, 11) is -3.55. The Bertz CT molecular complexity index is 355. The largest absolute Gasteiger partial charge is 0.233 e. The third kappa shape index (κ3) is 2.05. The number of hydrogen-bond donors (Lipinski definition) is 0. The van der Waals surface area contributed by atoms with E-state index in [1.165, 1.54) is 0 Å². The molecule has 0 saturated heterocycles. The molecule has 0 heterocycles. The van der Waals surface area contributed by atoms with Gasteiger partial charge in [-0.15, -0.1) is 0 Å². The van der Waals surface area contributed by atoms with Gasteiger partial charge < -0.3 is 0 Å². The van der Waals surface area contributed by atoms with Gasteiger partial charge in [-0.1, -0.05) is 19.3 Å². The quantitative estimate of drug-likeness (QED) is 0.687. The average molecular weight is 212 g/mol. The second-order valence-electron chi connectivity index (χ2n) is 3.49. The van der Waals surface area contributed by atoms with Crippen molar-refractivity contribution in [2.75, 3.05) is 0 Å². The Morgan fingerprint density at radius 3 is 2.00 bits per heavy atom. The van der Waals surface area contributed by atoms with E-state index in [-0.39, 0.29) is 0 Å². The molecule has 0 bridgehead atoms. The molecule has 1 rings (SSSR count). The maximum atomic E-state index is 11.7. The molecule has 0 N–H and O–H groups in total. The van der Waals surface area contributed by atoms with Gasteiger partial charge in [0.05, 0.1) is 17.4 Å². The summed E-state index contributed by atoms with van der Waals surface area (Å²) in [5.41, 5.74) is 0. The maximum absolute atomic E-state index is 11.7. The molecule has 0 unspecified atom stereocenters. The molecule has 5 heteroatoms. The van der Waals surface area contributed by atoms with E-state index < -0.39 is 20.3 Å². The minimum Gasteiger partial charge on any atom is -0.226 e. The lowest BCUT2D eigenvalue weighted by Crippen LogP contribution is -2.31. The molecule has 0 aliphatic heterocycles. The molecule has 0 radical (unpaired) electrons. The Morgan fingerprint density at radius 1 is 1.07 bits per heavy atom. The minimum absolute atomic E-state index is 0.472. The number of hydrogen-bond acceptors (Lipinski definition) is 4. The van der Waals surface area contributed by atoms with E-state index in [0.717, 1.165) is 19.3 Å². The Hall–Kier alpha value is -1.07. The Kier molecular flexibility index (Phi) is 3.49. The maximum Gasteiger partial charge on any atom is 0.233 e. The van der Waals surface area contributed by atoms with E-state index in [1.54, 1.807) is 12.1 Å². The van der Waals surface area contributed by atoms with Crippen LogP contribution in [0.25, 0.3) is 0 Å². The van der Waals surface area contributed by atoms with Gasteiger partial charge in [0.1, 0.15) is 0 Å². The van der Waals surface area contributed by atoms with E-state index in [1.807, 2.05) is 0 Å². The average Bonchev–Trinajstić information content (AvgIpc) is 2.20. The zero-order valence-electron chi connectivity index (χ0n) is 7.81. The molecule has 4 nitrogen and oxygen atoms in total. The molecular formula is C9H12N2O2S. The zero-order chi connectivity index (χ0) is 10.6. The first kappa shape index (κ1) is 11.0. The summed E-state index contributed by atoms with van der Waals surface area (Å²) in [5.74, 6) is 0. The van der Waals surface area contributed by atoms with E-state index in [0.29, 0.717) is 12.8 Å². The van der Waals surface area contributed by atoms with Crippen LogP contribution in [0.4, 0.5) is 0 Å². The smallest absolute Gasteiger partial charge is 0.226 e. The van der Waals surface area contributed by atoms with Crippen LogP contribution in [0.1, 0.15) is 32.1 Å². The number of sulfone groups is 1. The van der Waals surface area contributed by atoms with Crippen LogP contribution in [0, 0.1) is 22.7 Å². The van der Waals surface area contributed by atoms with Gasteiger partial charge in [-0.2, -0.15) is 10.5 Å². The van der Waals surface area contributed by atoms with Crippen molar-refractivity contribution in [2.45, 2.75) is 42.6 Å². The van der Waals surface area contributed by atoms with Gasteiger partial charge in [0.2, 0.25) is 5.25 Å². The Balaban J connectivity index is 2.85. The van der Waals surface area contributed by atoms with Crippen LogP contribution in [0.15, 0.2) is 0 Å². The number of rotatable bonds is 2. The fourth-order valence-corrected chi connectivity index (χ4v) is 3.43. The van der Waals surface area contributed by atoms with Crippen molar-refractivity contribution in [1.29, 1.82) is 10.5 Å². The molecule has 1 aliphatic rings. The topological polar surface area (TPSA) is 81.7 Å². The third-order valence-corrected chi connectivity index (χ3v) is 4.85. The van der Waals surface area contributed by atoms with Gasteiger partial charge in [0.15, 0.2) is 9.84 Å². The highest BCUT2D eigenvalue weighted by Crippen LogP contribution is 2.26. The highest BCUT2D eigenvalue weighted by atomic mass is 32.2. The lowest BCUT2D eigenvalue weighted by atomic mass is 10.0. The highest BCUT2D eigenvalue weighted by Gasteiger charge is 2.34. The molecule has 0 spiro atoms. The van der Waals surface area contributed by atoms with Gasteiger partial charge in [-0.25, -0.2) is 8.42 Å². The second kappa shape index (κ2) is 4.43. The highest BCUT2D eigenvalue weighted by molar-refractivity contribution is 7.93. The fraction of sp³-hybridized carbons (Fsp3) is 0.778. The van der Waals surface area contributed by atoms with Crippen molar-refractivity contribution in [3.8, 4) is 12.1 Å². The summed E-state index contributed by atoms with van der Waals surface area (Å²) >= 11 is 0. The van der Waals surface area contributed by atoms with Crippen LogP contribution >= 0.6 is 0 Å². The van der Waals surface area contributed by atoms with E-state index >= 15 is 0 Å². The van der Waals surface area contributed by atoms with Gasteiger partial charge in [0, 0.05) is 0 Å². The summed E-state index contributed by atoms with van der Waals surface area (Å²) in [6, 6.07) is 3.08. The van der Waals surface area contributed by atoms with Crippen molar-refractivity contribution in [3.63, 3.8) is 0 Å². The molecule has 76 valence electrons. The molecule has 14 heavy (non-hydrogen) atoms. The first-order chi connectivity index (χ1) is 6.62. The zero-order valence-corrected chi connectivity index (χ0v) is 8.63. The van der Waals surface area contributed by atoms with Gasteiger partial charge in [-0.05, 0) is 12.8 Å². The van der Waals surface area contributed by atoms with Crippen molar-refractivity contribution < 1.29 is 8.42 Å². The van der Waals surface area contributed by atoms with Crippen LogP contribution in [0.3, 0.4) is 0 Å². The molecule has 1 fully saturated rings. The van der Waals surface area contributed by atoms with Crippen LogP contribution in [-0.4, -0.2) is 18.9 Å². The van der Waals surface area contributed by atoms with Crippen LogP contribution < -0.4 is 0 Å². The Labute approximate surface area is 84.1 Å². The molecule has 1 saturated carbocycles. The van der Waals surface area contributed by atoms with Gasteiger partial charge in [-0.3, -0.25) is 0 Å². The molecular weight excluding hydrogens is 200 g/mol. The van der Waals surface area contributed by atoms with Crippen LogP contribution in [-0.2, 0) is 9.84 Å². The predicted octanol–water partition coefficient (Wildman–Crippen LogP) is 1.15. The standard InChI is InChI=1S/C9H12N2O2S/c10-6-9(7-11)14(12,13)8-4-2-1-3-5-8/h8-9H,1-5H2. The Morgan fingerprint density at radius 2 is 1.57 bits per heavy atom. The van der Waals surface area contributed by atoms with E-state index in [9.17, 15) is 8.42 Å². The summed E-state index contributed by atoms with van der Waals surface area (Å²) in [6.45, 7) is 0. The fourth-order valence-electron chi connectivity index (χ4n) is 1.76. The minimum atomic E-state index is -3.55. The monoisotopic (exact) mass is 212 g/mol. The summed E-state index contributed by atoms with van der Waals surface area (Å²) in [5, 5.41) is 15.1. The van der Waals surface area contributed by atoms with Crippen molar-refractivity contribution in [1.82, 2.24) is 0 Å². The predicted molar refractivity (Wildman–Crippen MR) is 50.8 cm³/mol.